The van der Waals surface area contributed by atoms with Gasteiger partial charge < -0.3 is 11.1 Å². The van der Waals surface area contributed by atoms with Crippen molar-refractivity contribution in [2.75, 3.05) is 12.8 Å². The fourth-order valence-corrected chi connectivity index (χ4v) is 1.82. The SMILES string of the molecule is CN1C(=O)CCC(NC(=O)Cn2cnc(N)n2)C1=O. The maximum absolute atomic E-state index is 11.8. The summed E-state index contributed by atoms with van der Waals surface area (Å²) in [5.41, 5.74) is 5.32. The van der Waals surface area contributed by atoms with E-state index in [0.29, 0.717) is 6.42 Å². The highest BCUT2D eigenvalue weighted by Gasteiger charge is 2.32. The van der Waals surface area contributed by atoms with E-state index in [1.165, 1.54) is 18.1 Å². The molecule has 1 saturated heterocycles. The lowest BCUT2D eigenvalue weighted by atomic mass is 10.0. The van der Waals surface area contributed by atoms with Crippen molar-refractivity contribution in [1.29, 1.82) is 0 Å². The van der Waals surface area contributed by atoms with Crippen molar-refractivity contribution < 1.29 is 14.4 Å². The molecule has 19 heavy (non-hydrogen) atoms. The highest BCUT2D eigenvalue weighted by Crippen LogP contribution is 2.11. The molecule has 9 heteroatoms. The standard InChI is InChI=1S/C10H14N6O3/c1-15-8(18)3-2-6(9(15)19)13-7(17)4-16-5-12-10(11)14-16/h5-6H,2-4H2,1H3,(H2,11,14)(H,13,17). The van der Waals surface area contributed by atoms with Crippen molar-refractivity contribution in [3.05, 3.63) is 6.33 Å². The number of likely N-dealkylation sites (N-methyl/N-ethyl adjacent to an activating group) is 1. The van der Waals surface area contributed by atoms with E-state index in [0.717, 1.165) is 4.90 Å². The van der Waals surface area contributed by atoms with Crippen LogP contribution in [0, 0.1) is 0 Å². The molecule has 1 aromatic rings. The minimum Gasteiger partial charge on any atom is -0.367 e. The number of piperidine rings is 1. The zero-order valence-corrected chi connectivity index (χ0v) is 10.4. The van der Waals surface area contributed by atoms with Crippen LogP contribution in [0.2, 0.25) is 0 Å². The number of hydrogen-bond acceptors (Lipinski definition) is 6. The molecule has 1 aliphatic rings. The van der Waals surface area contributed by atoms with Crippen molar-refractivity contribution in [2.45, 2.75) is 25.4 Å². The molecular formula is C10H14N6O3. The van der Waals surface area contributed by atoms with Gasteiger partial charge in [-0.15, -0.1) is 5.10 Å². The molecular weight excluding hydrogens is 252 g/mol. The summed E-state index contributed by atoms with van der Waals surface area (Å²) in [5, 5.41) is 6.33. The highest BCUT2D eigenvalue weighted by atomic mass is 16.2. The number of likely N-dealkylation sites (tertiary alicyclic amines) is 1. The first-order valence-corrected chi connectivity index (χ1v) is 5.72. The molecule has 3 amide bonds. The van der Waals surface area contributed by atoms with Crippen LogP contribution < -0.4 is 11.1 Å². The second-order valence-electron chi connectivity index (χ2n) is 4.25. The van der Waals surface area contributed by atoms with Gasteiger partial charge >= 0.3 is 0 Å². The lowest BCUT2D eigenvalue weighted by Gasteiger charge is -2.28. The average Bonchev–Trinajstić information content (AvgIpc) is 2.75. The summed E-state index contributed by atoms with van der Waals surface area (Å²) in [5.74, 6) is -0.944. The predicted molar refractivity (Wildman–Crippen MR) is 63.4 cm³/mol. The number of carbonyl (C=O) groups is 3. The number of nitrogens with one attached hydrogen (secondary N) is 1. The number of amides is 3. The summed E-state index contributed by atoms with van der Waals surface area (Å²) in [6.07, 6.45) is 1.88. The number of aromatic nitrogens is 3. The molecule has 0 spiro atoms. The number of nitrogen functional groups attached to an aromatic ring is 1. The van der Waals surface area contributed by atoms with E-state index in [4.69, 9.17) is 5.73 Å². The quantitative estimate of drug-likeness (QED) is 0.617. The molecule has 1 atom stereocenters. The molecule has 102 valence electrons. The third-order valence-electron chi connectivity index (χ3n) is 2.84. The van der Waals surface area contributed by atoms with Crippen LogP contribution in [0.25, 0.3) is 0 Å². The molecule has 3 N–H and O–H groups in total. The Kier molecular flexibility index (Phi) is 3.45. The van der Waals surface area contributed by atoms with Gasteiger partial charge in [0.05, 0.1) is 0 Å². The van der Waals surface area contributed by atoms with E-state index in [1.54, 1.807) is 0 Å². The average molecular weight is 266 g/mol. The third kappa shape index (κ3) is 2.87. The first kappa shape index (κ1) is 13.0. The van der Waals surface area contributed by atoms with Crippen LogP contribution in [0.3, 0.4) is 0 Å². The molecule has 0 bridgehead atoms. The Labute approximate surface area is 108 Å². The monoisotopic (exact) mass is 266 g/mol. The van der Waals surface area contributed by atoms with Gasteiger partial charge in [-0.3, -0.25) is 19.3 Å². The predicted octanol–water partition coefficient (Wildman–Crippen LogP) is -1.88. The number of anilines is 1. The van der Waals surface area contributed by atoms with Crippen LogP contribution in [0.15, 0.2) is 6.33 Å². The van der Waals surface area contributed by atoms with Gasteiger partial charge in [-0.2, -0.15) is 0 Å². The highest BCUT2D eigenvalue weighted by molar-refractivity contribution is 6.01. The summed E-state index contributed by atoms with van der Waals surface area (Å²) < 4.78 is 1.27. The molecule has 1 aliphatic heterocycles. The lowest BCUT2D eigenvalue weighted by molar-refractivity contribution is -0.149. The van der Waals surface area contributed by atoms with Crippen molar-refractivity contribution >= 4 is 23.7 Å². The van der Waals surface area contributed by atoms with Crippen LogP contribution in [0.1, 0.15) is 12.8 Å². The van der Waals surface area contributed by atoms with Gasteiger partial charge in [0.15, 0.2) is 0 Å². The number of nitrogens with two attached hydrogens (primary N) is 1. The Morgan fingerprint density at radius 2 is 2.32 bits per heavy atom. The van der Waals surface area contributed by atoms with E-state index >= 15 is 0 Å². The van der Waals surface area contributed by atoms with Gasteiger partial charge in [-0.1, -0.05) is 0 Å². The lowest BCUT2D eigenvalue weighted by Crippen LogP contribution is -2.53. The summed E-state index contributed by atoms with van der Waals surface area (Å²) in [6, 6.07) is -0.670. The van der Waals surface area contributed by atoms with Crippen molar-refractivity contribution in [3.63, 3.8) is 0 Å². The Morgan fingerprint density at radius 1 is 1.58 bits per heavy atom. The Hall–Kier alpha value is -2.45. The van der Waals surface area contributed by atoms with Crippen molar-refractivity contribution in [1.82, 2.24) is 25.0 Å². The topological polar surface area (TPSA) is 123 Å². The van der Waals surface area contributed by atoms with Crippen molar-refractivity contribution in [3.8, 4) is 0 Å². The third-order valence-corrected chi connectivity index (χ3v) is 2.84. The molecule has 0 aliphatic carbocycles. The maximum Gasteiger partial charge on any atom is 0.251 e. The van der Waals surface area contributed by atoms with Crippen LogP contribution >= 0.6 is 0 Å². The van der Waals surface area contributed by atoms with Gasteiger partial charge in [-0.25, -0.2) is 9.67 Å². The van der Waals surface area contributed by atoms with Crippen LogP contribution in [0.5, 0.6) is 0 Å². The molecule has 2 rings (SSSR count). The van der Waals surface area contributed by atoms with Crippen molar-refractivity contribution in [2.24, 2.45) is 0 Å². The molecule has 1 fully saturated rings. The van der Waals surface area contributed by atoms with E-state index in [1.807, 2.05) is 0 Å². The van der Waals surface area contributed by atoms with Gasteiger partial charge in [-0.05, 0) is 6.42 Å². The fourth-order valence-electron chi connectivity index (χ4n) is 1.82. The Bertz CT molecular complexity index is 525. The van der Waals surface area contributed by atoms with Gasteiger partial charge in [0.1, 0.15) is 18.9 Å². The van der Waals surface area contributed by atoms with E-state index < -0.39 is 11.9 Å². The molecule has 9 nitrogen and oxygen atoms in total. The molecule has 2 heterocycles. The first-order valence-electron chi connectivity index (χ1n) is 5.72. The summed E-state index contributed by atoms with van der Waals surface area (Å²) in [4.78, 5) is 39.5. The number of nitrogens with zero attached hydrogens (tertiary/aromatic N) is 4. The molecule has 0 aromatic carbocycles. The maximum atomic E-state index is 11.8. The minimum atomic E-state index is -0.670. The summed E-state index contributed by atoms with van der Waals surface area (Å²) >= 11 is 0. The van der Waals surface area contributed by atoms with Crippen LogP contribution in [0.4, 0.5) is 5.95 Å². The fraction of sp³-hybridized carbons (Fsp3) is 0.500. The Morgan fingerprint density at radius 3 is 2.95 bits per heavy atom. The second-order valence-corrected chi connectivity index (χ2v) is 4.25. The van der Waals surface area contributed by atoms with Gasteiger partial charge in [0.2, 0.25) is 17.8 Å². The van der Waals surface area contributed by atoms with Crippen LogP contribution in [-0.2, 0) is 20.9 Å². The zero-order valence-electron chi connectivity index (χ0n) is 10.4. The van der Waals surface area contributed by atoms with Gasteiger partial charge in [0, 0.05) is 13.5 Å². The second kappa shape index (κ2) is 5.04. The van der Waals surface area contributed by atoms with E-state index in [-0.39, 0.29) is 30.7 Å². The molecule has 1 aromatic heterocycles. The summed E-state index contributed by atoms with van der Waals surface area (Å²) in [6.45, 7) is -0.0777. The largest absolute Gasteiger partial charge is 0.367 e. The molecule has 0 saturated carbocycles. The Balaban J connectivity index is 1.92. The number of rotatable bonds is 3. The van der Waals surface area contributed by atoms with E-state index in [2.05, 4.69) is 15.4 Å². The number of carbonyl (C=O) groups excluding carboxylic acids is 3. The number of hydrogen-bond donors (Lipinski definition) is 2. The number of imide groups is 1. The van der Waals surface area contributed by atoms with E-state index in [9.17, 15) is 14.4 Å². The van der Waals surface area contributed by atoms with Gasteiger partial charge in [0.25, 0.3) is 5.91 Å². The minimum absolute atomic E-state index is 0.0758. The molecule has 1 unspecified atom stereocenters. The first-order chi connectivity index (χ1) is 8.97. The van der Waals surface area contributed by atoms with Crippen LogP contribution in [-0.4, -0.2) is 50.5 Å². The smallest absolute Gasteiger partial charge is 0.251 e. The zero-order chi connectivity index (χ0) is 14.0. The molecule has 0 radical (unpaired) electrons. The normalized spacial score (nSPS) is 19.6. The summed E-state index contributed by atoms with van der Waals surface area (Å²) in [7, 11) is 1.40.